The first-order valence-corrected chi connectivity index (χ1v) is 4.87. The SMILES string of the molecule is Cl.O=C1N[C@@H](c2cc(OC(F)(F)F)ccc2O)CO1. The van der Waals surface area contributed by atoms with Gasteiger partial charge in [0.05, 0.1) is 6.04 Å². The quantitative estimate of drug-likeness (QED) is 0.880. The molecule has 1 aromatic carbocycles. The number of hydrogen-bond donors (Lipinski definition) is 2. The van der Waals surface area contributed by atoms with Crippen LogP contribution in [0.25, 0.3) is 0 Å². The van der Waals surface area contributed by atoms with Crippen molar-refractivity contribution in [2.24, 2.45) is 0 Å². The number of benzene rings is 1. The molecule has 1 atom stereocenters. The fourth-order valence-electron chi connectivity index (χ4n) is 1.56. The van der Waals surface area contributed by atoms with E-state index in [1.54, 1.807) is 0 Å². The van der Waals surface area contributed by atoms with E-state index in [9.17, 15) is 23.1 Å². The lowest BCUT2D eigenvalue weighted by Crippen LogP contribution is -2.20. The number of carbonyl (C=O) groups excluding carboxylic acids is 1. The van der Waals surface area contributed by atoms with Crippen molar-refractivity contribution in [2.75, 3.05) is 6.61 Å². The number of aromatic hydroxyl groups is 1. The molecule has 2 rings (SSSR count). The standard InChI is InChI=1S/C10H8F3NO4.ClH/c11-10(12,13)18-5-1-2-8(15)6(3-5)7-4-17-9(16)14-7;/h1-3,7,15H,4H2,(H,14,16);1H/t7-;/m1./s1. The minimum atomic E-state index is -4.82. The summed E-state index contributed by atoms with van der Waals surface area (Å²) in [6.07, 6.45) is -5.51. The van der Waals surface area contributed by atoms with Crippen LogP contribution in [-0.2, 0) is 4.74 Å². The molecule has 0 saturated carbocycles. The predicted molar refractivity (Wildman–Crippen MR) is 59.3 cm³/mol. The van der Waals surface area contributed by atoms with E-state index in [-0.39, 0.29) is 30.3 Å². The lowest BCUT2D eigenvalue weighted by Gasteiger charge is -2.13. The van der Waals surface area contributed by atoms with E-state index in [0.717, 1.165) is 18.2 Å². The van der Waals surface area contributed by atoms with Crippen LogP contribution < -0.4 is 10.1 Å². The molecule has 0 aliphatic carbocycles. The van der Waals surface area contributed by atoms with Crippen LogP contribution in [0.5, 0.6) is 11.5 Å². The Kier molecular flexibility index (Phi) is 4.35. The average Bonchev–Trinajstić information content (AvgIpc) is 2.66. The van der Waals surface area contributed by atoms with Crippen LogP contribution >= 0.6 is 12.4 Å². The van der Waals surface area contributed by atoms with Crippen molar-refractivity contribution in [3.8, 4) is 11.5 Å². The van der Waals surface area contributed by atoms with E-state index >= 15 is 0 Å². The summed E-state index contributed by atoms with van der Waals surface area (Å²) in [6.45, 7) is -0.0676. The molecule has 2 N–H and O–H groups in total. The highest BCUT2D eigenvalue weighted by molar-refractivity contribution is 5.85. The maximum Gasteiger partial charge on any atom is 0.573 e. The number of nitrogens with one attached hydrogen (secondary N) is 1. The number of carbonyl (C=O) groups is 1. The van der Waals surface area contributed by atoms with E-state index in [2.05, 4.69) is 14.8 Å². The number of alkyl halides is 3. The molecule has 0 bridgehead atoms. The molecule has 1 aromatic rings. The Morgan fingerprint density at radius 1 is 1.42 bits per heavy atom. The summed E-state index contributed by atoms with van der Waals surface area (Å²) in [5.74, 6) is -0.725. The molecule has 0 spiro atoms. The van der Waals surface area contributed by atoms with Crippen molar-refractivity contribution >= 4 is 18.5 Å². The Labute approximate surface area is 111 Å². The van der Waals surface area contributed by atoms with Gasteiger partial charge < -0.3 is 19.9 Å². The van der Waals surface area contributed by atoms with Crippen LogP contribution in [0.3, 0.4) is 0 Å². The van der Waals surface area contributed by atoms with Gasteiger partial charge in [-0.3, -0.25) is 0 Å². The number of phenolic OH excluding ortho intramolecular Hbond substituents is 1. The van der Waals surface area contributed by atoms with Crippen molar-refractivity contribution in [1.29, 1.82) is 0 Å². The average molecular weight is 300 g/mol. The first-order chi connectivity index (χ1) is 8.35. The van der Waals surface area contributed by atoms with Crippen LogP contribution in [0.15, 0.2) is 18.2 Å². The monoisotopic (exact) mass is 299 g/mol. The highest BCUT2D eigenvalue weighted by Gasteiger charge is 2.32. The Morgan fingerprint density at radius 2 is 2.11 bits per heavy atom. The number of amides is 1. The van der Waals surface area contributed by atoms with E-state index in [0.29, 0.717) is 0 Å². The van der Waals surface area contributed by atoms with E-state index < -0.39 is 24.2 Å². The molecular formula is C10H9ClF3NO4. The third kappa shape index (κ3) is 3.82. The Balaban J connectivity index is 0.00000180. The van der Waals surface area contributed by atoms with Crippen molar-refractivity contribution in [3.63, 3.8) is 0 Å². The van der Waals surface area contributed by atoms with Crippen LogP contribution in [0.2, 0.25) is 0 Å². The molecule has 1 heterocycles. The second kappa shape index (κ2) is 5.43. The molecule has 0 aromatic heterocycles. The van der Waals surface area contributed by atoms with Gasteiger partial charge in [-0.25, -0.2) is 4.79 Å². The second-order valence-corrected chi connectivity index (χ2v) is 3.56. The fourth-order valence-corrected chi connectivity index (χ4v) is 1.56. The van der Waals surface area contributed by atoms with Crippen LogP contribution in [0, 0.1) is 0 Å². The molecule has 9 heteroatoms. The van der Waals surface area contributed by atoms with E-state index in [4.69, 9.17) is 0 Å². The van der Waals surface area contributed by atoms with Crippen LogP contribution in [0.4, 0.5) is 18.0 Å². The first-order valence-electron chi connectivity index (χ1n) is 4.87. The summed E-state index contributed by atoms with van der Waals surface area (Å²) < 4.78 is 44.4. The predicted octanol–water partition coefficient (Wildman–Crippen LogP) is 2.49. The number of halogens is 4. The smallest absolute Gasteiger partial charge is 0.508 e. The highest BCUT2D eigenvalue weighted by atomic mass is 35.5. The maximum absolute atomic E-state index is 12.0. The molecule has 106 valence electrons. The molecule has 1 saturated heterocycles. The van der Waals surface area contributed by atoms with Gasteiger partial charge in [0.2, 0.25) is 0 Å². The third-order valence-corrected chi connectivity index (χ3v) is 2.28. The van der Waals surface area contributed by atoms with Crippen molar-refractivity contribution in [1.82, 2.24) is 5.32 Å². The largest absolute Gasteiger partial charge is 0.573 e. The number of rotatable bonds is 2. The zero-order chi connectivity index (χ0) is 13.3. The molecular weight excluding hydrogens is 291 g/mol. The Morgan fingerprint density at radius 3 is 2.63 bits per heavy atom. The van der Waals surface area contributed by atoms with Crippen molar-refractivity contribution in [3.05, 3.63) is 23.8 Å². The summed E-state index contributed by atoms with van der Waals surface area (Å²) in [6, 6.07) is 2.34. The fraction of sp³-hybridized carbons (Fsp3) is 0.300. The molecule has 19 heavy (non-hydrogen) atoms. The minimum Gasteiger partial charge on any atom is -0.508 e. The normalized spacial score (nSPS) is 18.3. The first kappa shape index (κ1) is 15.2. The maximum atomic E-state index is 12.0. The van der Waals surface area contributed by atoms with Crippen LogP contribution in [0.1, 0.15) is 11.6 Å². The van der Waals surface area contributed by atoms with Gasteiger partial charge in [0.1, 0.15) is 18.1 Å². The zero-order valence-electron chi connectivity index (χ0n) is 9.23. The zero-order valence-corrected chi connectivity index (χ0v) is 10.0. The summed E-state index contributed by atoms with van der Waals surface area (Å²) in [7, 11) is 0. The van der Waals surface area contributed by atoms with Crippen LogP contribution in [-0.4, -0.2) is 24.2 Å². The summed E-state index contributed by atoms with van der Waals surface area (Å²) in [5.41, 5.74) is 0.0996. The number of ether oxygens (including phenoxy) is 2. The second-order valence-electron chi connectivity index (χ2n) is 3.56. The van der Waals surface area contributed by atoms with Gasteiger partial charge in [-0.2, -0.15) is 0 Å². The lowest BCUT2D eigenvalue weighted by molar-refractivity contribution is -0.274. The number of alkyl carbamates (subject to hydrolysis) is 1. The minimum absolute atomic E-state index is 0. The van der Waals surface area contributed by atoms with Gasteiger partial charge in [0.15, 0.2) is 0 Å². The number of hydrogen-bond acceptors (Lipinski definition) is 4. The molecule has 5 nitrogen and oxygen atoms in total. The lowest BCUT2D eigenvalue weighted by atomic mass is 10.1. The number of cyclic esters (lactones) is 1. The van der Waals surface area contributed by atoms with E-state index in [1.165, 1.54) is 0 Å². The molecule has 1 aliphatic heterocycles. The number of phenols is 1. The van der Waals surface area contributed by atoms with Gasteiger partial charge in [-0.15, -0.1) is 25.6 Å². The molecule has 1 amide bonds. The van der Waals surface area contributed by atoms with Gasteiger partial charge in [-0.05, 0) is 18.2 Å². The third-order valence-electron chi connectivity index (χ3n) is 2.28. The summed E-state index contributed by atoms with van der Waals surface area (Å²) in [5, 5.41) is 11.9. The van der Waals surface area contributed by atoms with Gasteiger partial charge in [-0.1, -0.05) is 0 Å². The Bertz CT molecular complexity index is 480. The van der Waals surface area contributed by atoms with E-state index in [1.807, 2.05) is 0 Å². The van der Waals surface area contributed by atoms with Crippen molar-refractivity contribution in [2.45, 2.75) is 12.4 Å². The molecule has 0 radical (unpaired) electrons. The molecule has 0 unspecified atom stereocenters. The van der Waals surface area contributed by atoms with Gasteiger partial charge >= 0.3 is 12.5 Å². The highest BCUT2D eigenvalue weighted by Crippen LogP contribution is 2.32. The topological polar surface area (TPSA) is 67.8 Å². The Hall–Kier alpha value is -1.83. The summed E-state index contributed by atoms with van der Waals surface area (Å²) >= 11 is 0. The van der Waals surface area contributed by atoms with Gasteiger partial charge in [0, 0.05) is 5.56 Å². The van der Waals surface area contributed by atoms with Crippen molar-refractivity contribution < 1.29 is 32.5 Å². The summed E-state index contributed by atoms with van der Waals surface area (Å²) in [4.78, 5) is 10.8. The molecule has 1 aliphatic rings. The van der Waals surface area contributed by atoms with Gasteiger partial charge in [0.25, 0.3) is 0 Å². The molecule has 1 fully saturated rings.